The number of hydrogen-bond acceptors (Lipinski definition) is 5. The van der Waals surface area contributed by atoms with Crippen LogP contribution in [0.5, 0.6) is 0 Å². The quantitative estimate of drug-likeness (QED) is 0.743. The van der Waals surface area contributed by atoms with Crippen LogP contribution in [0, 0.1) is 20.8 Å². The zero-order valence-electron chi connectivity index (χ0n) is 13.3. The zero-order chi connectivity index (χ0) is 17.5. The number of nitrogens with one attached hydrogen (secondary N) is 1. The summed E-state index contributed by atoms with van der Waals surface area (Å²) in [5.41, 5.74) is 2.73. The highest BCUT2D eigenvalue weighted by molar-refractivity contribution is 7.92. The number of furan rings is 1. The van der Waals surface area contributed by atoms with Crippen molar-refractivity contribution in [3.05, 3.63) is 52.2 Å². The SMILES string of the molecule is Cc1ccc(NS(=O)(=O)c2ccc(-c3onc(C)c3C)o2)c(Cl)c1. The molecular weight excluding hydrogens is 352 g/mol. The molecule has 8 heteroatoms. The Morgan fingerprint density at radius 2 is 1.88 bits per heavy atom. The number of halogens is 1. The lowest BCUT2D eigenvalue weighted by molar-refractivity contribution is 0.398. The van der Waals surface area contributed by atoms with Crippen LogP contribution < -0.4 is 4.72 Å². The molecule has 2 aromatic heterocycles. The van der Waals surface area contributed by atoms with Crippen LogP contribution >= 0.6 is 11.6 Å². The molecule has 1 aromatic carbocycles. The number of nitrogens with zero attached hydrogens (tertiary/aromatic N) is 1. The lowest BCUT2D eigenvalue weighted by Gasteiger charge is -2.08. The molecule has 0 aliphatic carbocycles. The molecule has 6 nitrogen and oxygen atoms in total. The van der Waals surface area contributed by atoms with Crippen molar-refractivity contribution in [2.75, 3.05) is 4.72 Å². The number of benzene rings is 1. The van der Waals surface area contributed by atoms with E-state index in [0.717, 1.165) is 16.8 Å². The molecule has 0 unspecified atom stereocenters. The van der Waals surface area contributed by atoms with E-state index in [1.54, 1.807) is 25.1 Å². The molecule has 24 heavy (non-hydrogen) atoms. The molecule has 1 N–H and O–H groups in total. The molecule has 3 rings (SSSR count). The van der Waals surface area contributed by atoms with Crippen LogP contribution in [-0.2, 0) is 10.0 Å². The lowest BCUT2D eigenvalue weighted by atomic mass is 10.2. The standard InChI is InChI=1S/C16H15ClN2O4S/c1-9-4-5-13(12(17)8-9)19-24(20,21)15-7-6-14(22-15)16-10(2)11(3)18-23-16/h4-8,19H,1-3H3. The van der Waals surface area contributed by atoms with E-state index in [4.69, 9.17) is 20.5 Å². The maximum absolute atomic E-state index is 12.5. The summed E-state index contributed by atoms with van der Waals surface area (Å²) in [7, 11) is -3.91. The Morgan fingerprint density at radius 1 is 1.12 bits per heavy atom. The number of rotatable bonds is 4. The fraction of sp³-hybridized carbons (Fsp3) is 0.188. The van der Waals surface area contributed by atoms with Gasteiger partial charge in [0.1, 0.15) is 0 Å². The molecule has 0 fully saturated rings. The number of aryl methyl sites for hydroxylation is 2. The average molecular weight is 367 g/mol. The lowest BCUT2D eigenvalue weighted by Crippen LogP contribution is -2.12. The van der Waals surface area contributed by atoms with Crippen LogP contribution in [0.1, 0.15) is 16.8 Å². The number of aromatic nitrogens is 1. The molecule has 0 spiro atoms. The van der Waals surface area contributed by atoms with Crippen LogP contribution in [0.15, 0.2) is 44.4 Å². The van der Waals surface area contributed by atoms with Gasteiger partial charge in [0.25, 0.3) is 10.0 Å². The van der Waals surface area contributed by atoms with E-state index in [2.05, 4.69) is 9.88 Å². The Balaban J connectivity index is 1.92. The van der Waals surface area contributed by atoms with Crippen LogP contribution in [0.25, 0.3) is 11.5 Å². The van der Waals surface area contributed by atoms with Gasteiger partial charge in [-0.2, -0.15) is 8.42 Å². The van der Waals surface area contributed by atoms with Crippen molar-refractivity contribution in [1.82, 2.24) is 5.16 Å². The molecule has 0 atom stereocenters. The topological polar surface area (TPSA) is 85.3 Å². The molecular formula is C16H15ClN2O4S. The maximum Gasteiger partial charge on any atom is 0.295 e. The van der Waals surface area contributed by atoms with Crippen molar-refractivity contribution >= 4 is 27.3 Å². The highest BCUT2D eigenvalue weighted by Crippen LogP contribution is 2.30. The molecule has 0 aliphatic rings. The van der Waals surface area contributed by atoms with Crippen molar-refractivity contribution in [3.63, 3.8) is 0 Å². The van der Waals surface area contributed by atoms with Gasteiger partial charge < -0.3 is 8.94 Å². The van der Waals surface area contributed by atoms with Crippen LogP contribution in [0.4, 0.5) is 5.69 Å². The second-order valence-electron chi connectivity index (χ2n) is 5.43. The molecule has 3 aromatic rings. The first-order valence-electron chi connectivity index (χ1n) is 7.10. The fourth-order valence-corrected chi connectivity index (χ4v) is 3.48. The van der Waals surface area contributed by atoms with E-state index < -0.39 is 10.0 Å². The van der Waals surface area contributed by atoms with Crippen molar-refractivity contribution in [2.45, 2.75) is 25.9 Å². The van der Waals surface area contributed by atoms with Crippen LogP contribution in [-0.4, -0.2) is 13.6 Å². The Labute approximate surface area is 144 Å². The van der Waals surface area contributed by atoms with Crippen molar-refractivity contribution < 1.29 is 17.4 Å². The molecule has 0 saturated heterocycles. The Hall–Kier alpha value is -2.25. The third-order valence-corrected chi connectivity index (χ3v) is 5.15. The van der Waals surface area contributed by atoms with E-state index in [0.29, 0.717) is 16.5 Å². The van der Waals surface area contributed by atoms with E-state index >= 15 is 0 Å². The van der Waals surface area contributed by atoms with E-state index in [-0.39, 0.29) is 10.8 Å². The molecule has 126 valence electrons. The molecule has 0 aliphatic heterocycles. The minimum absolute atomic E-state index is 0.234. The summed E-state index contributed by atoms with van der Waals surface area (Å²) in [6.45, 7) is 5.48. The third kappa shape index (κ3) is 3.05. The first kappa shape index (κ1) is 16.6. The van der Waals surface area contributed by atoms with Gasteiger partial charge in [-0.1, -0.05) is 22.8 Å². The molecule has 2 heterocycles. The molecule has 0 saturated carbocycles. The molecule has 0 amide bonds. The van der Waals surface area contributed by atoms with Gasteiger partial charge in [-0.25, -0.2) is 0 Å². The van der Waals surface area contributed by atoms with Gasteiger partial charge in [-0.15, -0.1) is 0 Å². The highest BCUT2D eigenvalue weighted by Gasteiger charge is 2.23. The maximum atomic E-state index is 12.5. The first-order valence-corrected chi connectivity index (χ1v) is 8.96. The van der Waals surface area contributed by atoms with Crippen molar-refractivity contribution in [3.8, 4) is 11.5 Å². The average Bonchev–Trinajstić information content (AvgIpc) is 3.11. The second kappa shape index (κ2) is 5.99. The minimum Gasteiger partial charge on any atom is -0.439 e. The van der Waals surface area contributed by atoms with Crippen LogP contribution in [0.3, 0.4) is 0 Å². The first-order chi connectivity index (χ1) is 11.3. The smallest absolute Gasteiger partial charge is 0.295 e. The van der Waals surface area contributed by atoms with Gasteiger partial charge in [0.15, 0.2) is 5.76 Å². The largest absolute Gasteiger partial charge is 0.439 e. The van der Waals surface area contributed by atoms with Gasteiger partial charge in [0.2, 0.25) is 10.9 Å². The highest BCUT2D eigenvalue weighted by atomic mass is 35.5. The second-order valence-corrected chi connectivity index (χ2v) is 7.45. The normalized spacial score (nSPS) is 11.7. The summed E-state index contributed by atoms with van der Waals surface area (Å²) < 4.78 is 38.0. The predicted molar refractivity (Wildman–Crippen MR) is 90.7 cm³/mol. The van der Waals surface area contributed by atoms with Gasteiger partial charge in [-0.05, 0) is 50.6 Å². The van der Waals surface area contributed by atoms with Crippen molar-refractivity contribution in [2.24, 2.45) is 0 Å². The summed E-state index contributed by atoms with van der Waals surface area (Å²) in [6.07, 6.45) is 0. The summed E-state index contributed by atoms with van der Waals surface area (Å²) in [5, 5.41) is 3.91. The molecule has 0 radical (unpaired) electrons. The number of anilines is 1. The summed E-state index contributed by atoms with van der Waals surface area (Å²) in [5.74, 6) is 0.700. The third-order valence-electron chi connectivity index (χ3n) is 3.60. The van der Waals surface area contributed by atoms with Gasteiger partial charge in [0, 0.05) is 5.56 Å². The molecule has 0 bridgehead atoms. The summed E-state index contributed by atoms with van der Waals surface area (Å²) in [6, 6.07) is 7.92. The monoisotopic (exact) mass is 366 g/mol. The van der Waals surface area contributed by atoms with E-state index in [9.17, 15) is 8.42 Å². The Kier molecular flexibility index (Phi) is 4.15. The summed E-state index contributed by atoms with van der Waals surface area (Å²) in [4.78, 5) is 0. The number of sulfonamides is 1. The van der Waals surface area contributed by atoms with Gasteiger partial charge in [-0.3, -0.25) is 4.72 Å². The summed E-state index contributed by atoms with van der Waals surface area (Å²) >= 11 is 6.07. The van der Waals surface area contributed by atoms with Gasteiger partial charge in [0.05, 0.1) is 16.4 Å². The van der Waals surface area contributed by atoms with Crippen molar-refractivity contribution in [1.29, 1.82) is 0 Å². The zero-order valence-corrected chi connectivity index (χ0v) is 14.8. The number of hydrogen-bond donors (Lipinski definition) is 1. The Morgan fingerprint density at radius 3 is 2.50 bits per heavy atom. The van der Waals surface area contributed by atoms with E-state index in [1.165, 1.54) is 12.1 Å². The van der Waals surface area contributed by atoms with Gasteiger partial charge >= 0.3 is 0 Å². The van der Waals surface area contributed by atoms with E-state index in [1.807, 2.05) is 13.8 Å². The minimum atomic E-state index is -3.91. The predicted octanol–water partition coefficient (Wildman–Crippen LogP) is 4.31. The fourth-order valence-electron chi connectivity index (χ4n) is 2.13. The van der Waals surface area contributed by atoms with Crippen LogP contribution in [0.2, 0.25) is 5.02 Å². The Bertz CT molecular complexity index is 1010.